The molecule has 0 atom stereocenters. The molecular weight excluding hydrogens is 364 g/mol. The first-order valence-corrected chi connectivity index (χ1v) is 11.5. The molecule has 0 aliphatic carbocycles. The molecule has 0 bridgehead atoms. The van der Waals surface area contributed by atoms with E-state index in [0.717, 1.165) is 75.9 Å². The van der Waals surface area contributed by atoms with Crippen LogP contribution in [0.2, 0.25) is 0 Å². The van der Waals surface area contributed by atoms with Crippen LogP contribution in [0.1, 0.15) is 63.4 Å². The topological polar surface area (TPSA) is 50.6 Å². The number of unbranched alkanes of at least 4 members (excludes halogenated alkanes) is 3. The molecule has 0 unspecified atom stereocenters. The molecule has 0 N–H and O–H groups in total. The Balaban J connectivity index is 2.00. The average Bonchev–Trinajstić information content (AvgIpc) is 2.95. The Morgan fingerprint density at radius 1 is 1.14 bits per heavy atom. The minimum Gasteiger partial charge on any atom is -0.379 e. The van der Waals surface area contributed by atoms with Crippen molar-refractivity contribution in [3.8, 4) is 0 Å². The third-order valence-electron chi connectivity index (χ3n) is 5.82. The van der Waals surface area contributed by atoms with Crippen molar-refractivity contribution in [3.05, 3.63) is 17.0 Å². The predicted molar refractivity (Wildman–Crippen MR) is 118 cm³/mol. The molecule has 166 valence electrons. The molecule has 1 aliphatic rings. The third-order valence-corrected chi connectivity index (χ3v) is 5.82. The molecule has 1 amide bonds. The lowest BCUT2D eigenvalue weighted by Crippen LogP contribution is -2.43. The zero-order valence-electron chi connectivity index (χ0n) is 19.4. The van der Waals surface area contributed by atoms with Crippen LogP contribution in [0.3, 0.4) is 0 Å². The van der Waals surface area contributed by atoms with Crippen molar-refractivity contribution in [1.82, 2.24) is 19.6 Å². The van der Waals surface area contributed by atoms with E-state index in [9.17, 15) is 4.79 Å². The number of carbonyl (C=O) groups is 1. The standard InChI is InChI=1S/C23H42N4O2/c1-6-7-8-9-10-26(12-11-25-13-15-29-16-14-25)23(28)17-22-20(4)24-27(21(22)5)18-19(2)3/h19H,6-18H2,1-5H3. The van der Waals surface area contributed by atoms with Gasteiger partial charge >= 0.3 is 0 Å². The van der Waals surface area contributed by atoms with Gasteiger partial charge in [-0.15, -0.1) is 0 Å². The first kappa shape index (κ1) is 23.9. The second-order valence-electron chi connectivity index (χ2n) is 8.80. The molecule has 0 saturated carbocycles. The van der Waals surface area contributed by atoms with E-state index in [2.05, 4.69) is 42.2 Å². The number of nitrogens with zero attached hydrogens (tertiary/aromatic N) is 4. The number of hydrogen-bond donors (Lipinski definition) is 0. The van der Waals surface area contributed by atoms with Crippen molar-refractivity contribution in [3.63, 3.8) is 0 Å². The van der Waals surface area contributed by atoms with Gasteiger partial charge in [-0.05, 0) is 26.2 Å². The SMILES string of the molecule is CCCCCCN(CCN1CCOCC1)C(=O)Cc1c(C)nn(CC(C)C)c1C. The van der Waals surface area contributed by atoms with Crippen LogP contribution in [-0.2, 0) is 22.5 Å². The van der Waals surface area contributed by atoms with Gasteiger partial charge in [-0.3, -0.25) is 14.4 Å². The van der Waals surface area contributed by atoms with Crippen LogP contribution in [0.25, 0.3) is 0 Å². The highest BCUT2D eigenvalue weighted by molar-refractivity contribution is 5.79. The van der Waals surface area contributed by atoms with Crippen LogP contribution < -0.4 is 0 Å². The van der Waals surface area contributed by atoms with Crippen LogP contribution in [0.15, 0.2) is 0 Å². The van der Waals surface area contributed by atoms with Crippen molar-refractivity contribution < 1.29 is 9.53 Å². The van der Waals surface area contributed by atoms with Gasteiger partial charge in [0.15, 0.2) is 0 Å². The largest absolute Gasteiger partial charge is 0.379 e. The maximum absolute atomic E-state index is 13.2. The van der Waals surface area contributed by atoms with Gasteiger partial charge in [0.05, 0.1) is 25.3 Å². The van der Waals surface area contributed by atoms with Gasteiger partial charge in [0.1, 0.15) is 0 Å². The maximum atomic E-state index is 13.2. The molecule has 1 aromatic heterocycles. The van der Waals surface area contributed by atoms with Gasteiger partial charge < -0.3 is 9.64 Å². The van der Waals surface area contributed by atoms with Gasteiger partial charge in [-0.25, -0.2) is 0 Å². The molecule has 1 aliphatic heterocycles. The summed E-state index contributed by atoms with van der Waals surface area (Å²) in [7, 11) is 0. The van der Waals surface area contributed by atoms with Gasteiger partial charge in [0, 0.05) is 50.5 Å². The van der Waals surface area contributed by atoms with E-state index < -0.39 is 0 Å². The summed E-state index contributed by atoms with van der Waals surface area (Å²) < 4.78 is 7.52. The predicted octanol–water partition coefficient (Wildman–Crippen LogP) is 3.44. The molecule has 1 saturated heterocycles. The van der Waals surface area contributed by atoms with Gasteiger partial charge in [0.2, 0.25) is 5.91 Å². The summed E-state index contributed by atoms with van der Waals surface area (Å²) in [4.78, 5) is 17.7. The molecule has 0 spiro atoms. The average molecular weight is 407 g/mol. The van der Waals surface area contributed by atoms with Crippen LogP contribution >= 0.6 is 0 Å². The Hall–Kier alpha value is -1.40. The summed E-state index contributed by atoms with van der Waals surface area (Å²) in [6.07, 6.45) is 5.21. The Morgan fingerprint density at radius 2 is 1.86 bits per heavy atom. The van der Waals surface area contributed by atoms with Gasteiger partial charge in [-0.1, -0.05) is 40.0 Å². The van der Waals surface area contributed by atoms with Gasteiger partial charge in [0.25, 0.3) is 0 Å². The molecule has 1 fully saturated rings. The minimum atomic E-state index is 0.241. The first-order chi connectivity index (χ1) is 13.9. The third kappa shape index (κ3) is 7.74. The van der Waals surface area contributed by atoms with Gasteiger partial charge in [-0.2, -0.15) is 5.10 Å². The summed E-state index contributed by atoms with van der Waals surface area (Å²) in [6, 6.07) is 0. The Kier molecular flexibility index (Phi) is 10.2. The molecule has 0 aromatic carbocycles. The molecule has 0 radical (unpaired) electrons. The quantitative estimate of drug-likeness (QED) is 0.499. The summed E-state index contributed by atoms with van der Waals surface area (Å²) in [5.41, 5.74) is 3.25. The van der Waals surface area contributed by atoms with Crippen LogP contribution in [-0.4, -0.2) is 71.4 Å². The minimum absolute atomic E-state index is 0.241. The number of aryl methyl sites for hydroxylation is 1. The highest BCUT2D eigenvalue weighted by Crippen LogP contribution is 2.17. The summed E-state index contributed by atoms with van der Waals surface area (Å²) >= 11 is 0. The summed E-state index contributed by atoms with van der Waals surface area (Å²) in [5.74, 6) is 0.783. The van der Waals surface area contributed by atoms with Crippen molar-refractivity contribution >= 4 is 5.91 Å². The van der Waals surface area contributed by atoms with E-state index in [4.69, 9.17) is 9.84 Å². The van der Waals surface area contributed by atoms with Crippen molar-refractivity contribution in [2.45, 2.75) is 73.3 Å². The lowest BCUT2D eigenvalue weighted by atomic mass is 10.1. The number of ether oxygens (including phenoxy) is 1. The molecule has 6 nitrogen and oxygen atoms in total. The second-order valence-corrected chi connectivity index (χ2v) is 8.80. The zero-order chi connectivity index (χ0) is 21.2. The summed E-state index contributed by atoms with van der Waals surface area (Å²) in [5, 5.41) is 4.69. The fourth-order valence-electron chi connectivity index (χ4n) is 3.95. The molecule has 2 heterocycles. The maximum Gasteiger partial charge on any atom is 0.227 e. The Labute approximate surface area is 177 Å². The Bertz CT molecular complexity index is 621. The molecule has 29 heavy (non-hydrogen) atoms. The fraction of sp³-hybridized carbons (Fsp3) is 0.826. The number of rotatable bonds is 12. The monoisotopic (exact) mass is 406 g/mol. The second kappa shape index (κ2) is 12.3. The number of carbonyl (C=O) groups excluding carboxylic acids is 1. The molecular formula is C23H42N4O2. The molecule has 1 aromatic rings. The van der Waals surface area contributed by atoms with Crippen LogP contribution in [0.5, 0.6) is 0 Å². The van der Waals surface area contributed by atoms with E-state index in [0.29, 0.717) is 12.3 Å². The van der Waals surface area contributed by atoms with E-state index in [-0.39, 0.29) is 5.91 Å². The van der Waals surface area contributed by atoms with E-state index >= 15 is 0 Å². The normalized spacial score (nSPS) is 15.2. The van der Waals surface area contributed by atoms with E-state index in [1.165, 1.54) is 19.3 Å². The number of morpholine rings is 1. The van der Waals surface area contributed by atoms with E-state index in [1.54, 1.807) is 0 Å². The lowest BCUT2D eigenvalue weighted by molar-refractivity contribution is -0.131. The summed E-state index contributed by atoms with van der Waals surface area (Å²) in [6.45, 7) is 17.8. The fourth-order valence-corrected chi connectivity index (χ4v) is 3.95. The van der Waals surface area contributed by atoms with Crippen molar-refractivity contribution in [1.29, 1.82) is 0 Å². The smallest absolute Gasteiger partial charge is 0.227 e. The lowest BCUT2D eigenvalue weighted by Gasteiger charge is -2.30. The molecule has 6 heteroatoms. The number of hydrogen-bond acceptors (Lipinski definition) is 4. The van der Waals surface area contributed by atoms with E-state index in [1.807, 2.05) is 6.92 Å². The van der Waals surface area contributed by atoms with Crippen molar-refractivity contribution in [2.24, 2.45) is 5.92 Å². The number of aromatic nitrogens is 2. The Morgan fingerprint density at radius 3 is 2.52 bits per heavy atom. The molecule has 2 rings (SSSR count). The number of amides is 1. The highest BCUT2D eigenvalue weighted by atomic mass is 16.5. The first-order valence-electron chi connectivity index (χ1n) is 11.5. The zero-order valence-corrected chi connectivity index (χ0v) is 19.4. The van der Waals surface area contributed by atoms with Crippen LogP contribution in [0, 0.1) is 19.8 Å². The van der Waals surface area contributed by atoms with Crippen molar-refractivity contribution in [2.75, 3.05) is 45.9 Å². The highest BCUT2D eigenvalue weighted by Gasteiger charge is 2.21. The van der Waals surface area contributed by atoms with Crippen LogP contribution in [0.4, 0.5) is 0 Å².